The summed E-state index contributed by atoms with van der Waals surface area (Å²) in [7, 11) is 0. The summed E-state index contributed by atoms with van der Waals surface area (Å²) in [5, 5.41) is 0. The summed E-state index contributed by atoms with van der Waals surface area (Å²) >= 11 is 0. The summed E-state index contributed by atoms with van der Waals surface area (Å²) in [4.78, 5) is 0. The molecule has 1 heteroatoms. The van der Waals surface area contributed by atoms with Crippen LogP contribution in [0.15, 0.2) is 18.2 Å². The third kappa shape index (κ3) is 3.82. The van der Waals surface area contributed by atoms with Gasteiger partial charge in [-0.2, -0.15) is 0 Å². The van der Waals surface area contributed by atoms with Gasteiger partial charge in [0.05, 0.1) is 6.61 Å². The summed E-state index contributed by atoms with van der Waals surface area (Å²) in [6.45, 7) is 5.12. The third-order valence-corrected chi connectivity index (χ3v) is 2.11. The highest BCUT2D eigenvalue weighted by molar-refractivity contribution is 5.27. The molecule has 0 aliphatic rings. The lowest BCUT2D eigenvalue weighted by molar-refractivity contribution is 0.317. The summed E-state index contributed by atoms with van der Waals surface area (Å²) in [5.41, 5.74) is 1.33. The fraction of sp³-hybridized carbons (Fsp3) is 0.538. The summed E-state index contributed by atoms with van der Waals surface area (Å²) < 4.78 is 5.54. The van der Waals surface area contributed by atoms with E-state index in [2.05, 4.69) is 32.0 Å². The Bertz CT molecular complexity index is 232. The number of hydrogen-bond acceptors (Lipinski definition) is 1. The Morgan fingerprint density at radius 3 is 2.79 bits per heavy atom. The molecule has 0 heterocycles. The molecular formula is C13H19O. The van der Waals surface area contributed by atoms with E-state index in [9.17, 15) is 0 Å². The lowest BCUT2D eigenvalue weighted by Gasteiger charge is -2.06. The number of ether oxygens (including phenoxy) is 1. The lowest BCUT2D eigenvalue weighted by atomic mass is 10.1. The van der Waals surface area contributed by atoms with Crippen LogP contribution in [0.2, 0.25) is 0 Å². The van der Waals surface area contributed by atoms with Crippen LogP contribution < -0.4 is 4.74 Å². The molecule has 0 fully saturated rings. The molecule has 0 bridgehead atoms. The van der Waals surface area contributed by atoms with Crippen LogP contribution in [0.25, 0.3) is 0 Å². The molecule has 0 saturated heterocycles. The van der Waals surface area contributed by atoms with Crippen LogP contribution in [-0.4, -0.2) is 6.61 Å². The minimum Gasteiger partial charge on any atom is -0.494 e. The van der Waals surface area contributed by atoms with Crippen molar-refractivity contribution in [2.75, 3.05) is 6.61 Å². The standard InChI is InChI=1S/C13H19O/c1-3-5-7-12-8-6-9-13(11-12)14-10-4-2/h8-9,11H,3-5,7,10H2,1-2H3. The molecule has 1 radical (unpaired) electrons. The molecule has 0 atom stereocenters. The van der Waals surface area contributed by atoms with E-state index < -0.39 is 0 Å². The first kappa shape index (κ1) is 11.1. The van der Waals surface area contributed by atoms with Gasteiger partial charge in [0.15, 0.2) is 0 Å². The van der Waals surface area contributed by atoms with Gasteiger partial charge in [-0.15, -0.1) is 0 Å². The number of benzene rings is 1. The van der Waals surface area contributed by atoms with Crippen LogP contribution in [0.4, 0.5) is 0 Å². The van der Waals surface area contributed by atoms with Crippen molar-refractivity contribution in [1.29, 1.82) is 0 Å². The van der Waals surface area contributed by atoms with E-state index in [1.165, 1.54) is 18.4 Å². The highest BCUT2D eigenvalue weighted by atomic mass is 16.5. The quantitative estimate of drug-likeness (QED) is 0.667. The predicted octanol–water partition coefficient (Wildman–Crippen LogP) is 3.62. The normalized spacial score (nSPS) is 10.1. The fourth-order valence-electron chi connectivity index (χ4n) is 1.33. The number of aryl methyl sites for hydroxylation is 1. The van der Waals surface area contributed by atoms with Crippen molar-refractivity contribution in [3.05, 3.63) is 29.8 Å². The molecule has 1 nitrogen and oxygen atoms in total. The molecule has 0 saturated carbocycles. The molecule has 0 unspecified atom stereocenters. The molecule has 0 aliphatic heterocycles. The molecular weight excluding hydrogens is 172 g/mol. The van der Waals surface area contributed by atoms with E-state index in [0.717, 1.165) is 25.2 Å². The minimum absolute atomic E-state index is 0.797. The Morgan fingerprint density at radius 2 is 2.07 bits per heavy atom. The zero-order chi connectivity index (χ0) is 10.2. The topological polar surface area (TPSA) is 9.23 Å². The Balaban J connectivity index is 2.50. The maximum Gasteiger partial charge on any atom is 0.120 e. The minimum atomic E-state index is 0.797. The summed E-state index contributed by atoms with van der Waals surface area (Å²) in [6, 6.07) is 9.21. The number of rotatable bonds is 6. The highest BCUT2D eigenvalue weighted by Crippen LogP contribution is 2.14. The smallest absolute Gasteiger partial charge is 0.120 e. The van der Waals surface area contributed by atoms with Crippen molar-refractivity contribution in [1.82, 2.24) is 0 Å². The van der Waals surface area contributed by atoms with Crippen molar-refractivity contribution < 1.29 is 4.74 Å². The van der Waals surface area contributed by atoms with Gasteiger partial charge in [0.25, 0.3) is 0 Å². The van der Waals surface area contributed by atoms with Crippen LogP contribution in [0.5, 0.6) is 5.75 Å². The molecule has 0 aliphatic carbocycles. The number of unbranched alkanes of at least 4 members (excludes halogenated alkanes) is 1. The van der Waals surface area contributed by atoms with Crippen molar-refractivity contribution in [2.45, 2.75) is 39.5 Å². The molecule has 0 spiro atoms. The van der Waals surface area contributed by atoms with E-state index in [4.69, 9.17) is 4.74 Å². The van der Waals surface area contributed by atoms with Crippen LogP contribution in [0.3, 0.4) is 0 Å². The van der Waals surface area contributed by atoms with E-state index in [-0.39, 0.29) is 0 Å². The fourth-order valence-corrected chi connectivity index (χ4v) is 1.33. The van der Waals surface area contributed by atoms with Gasteiger partial charge in [-0.3, -0.25) is 0 Å². The van der Waals surface area contributed by atoms with E-state index >= 15 is 0 Å². The first-order chi connectivity index (χ1) is 6.86. The average molecular weight is 191 g/mol. The van der Waals surface area contributed by atoms with E-state index in [1.807, 2.05) is 6.07 Å². The second-order valence-electron chi connectivity index (χ2n) is 3.53. The molecule has 1 aromatic rings. The van der Waals surface area contributed by atoms with Crippen LogP contribution in [-0.2, 0) is 6.42 Å². The van der Waals surface area contributed by atoms with Crippen molar-refractivity contribution in [3.63, 3.8) is 0 Å². The Labute approximate surface area is 87.1 Å². The molecule has 1 rings (SSSR count). The second kappa shape index (κ2) is 6.47. The first-order valence-corrected chi connectivity index (χ1v) is 5.49. The van der Waals surface area contributed by atoms with Gasteiger partial charge in [0, 0.05) is 0 Å². The van der Waals surface area contributed by atoms with Crippen molar-refractivity contribution >= 4 is 0 Å². The summed E-state index contributed by atoms with van der Waals surface area (Å²) in [5.74, 6) is 0.959. The zero-order valence-corrected chi connectivity index (χ0v) is 9.18. The van der Waals surface area contributed by atoms with Crippen LogP contribution in [0, 0.1) is 6.07 Å². The molecule has 14 heavy (non-hydrogen) atoms. The second-order valence-corrected chi connectivity index (χ2v) is 3.53. The highest BCUT2D eigenvalue weighted by Gasteiger charge is 1.96. The number of hydrogen-bond donors (Lipinski definition) is 0. The van der Waals surface area contributed by atoms with Gasteiger partial charge in [0.2, 0.25) is 0 Å². The van der Waals surface area contributed by atoms with Gasteiger partial charge in [-0.05, 0) is 43.0 Å². The largest absolute Gasteiger partial charge is 0.494 e. The Kier molecular flexibility index (Phi) is 5.13. The first-order valence-electron chi connectivity index (χ1n) is 5.49. The maximum atomic E-state index is 5.54. The van der Waals surface area contributed by atoms with Gasteiger partial charge in [-0.1, -0.05) is 26.3 Å². The van der Waals surface area contributed by atoms with Crippen LogP contribution in [0.1, 0.15) is 38.7 Å². The van der Waals surface area contributed by atoms with Gasteiger partial charge in [-0.25, -0.2) is 0 Å². The SMILES string of the molecule is CCCCc1c[c]cc(OCCC)c1. The summed E-state index contributed by atoms with van der Waals surface area (Å²) in [6.07, 6.45) is 4.67. The Hall–Kier alpha value is -0.980. The Morgan fingerprint density at radius 1 is 1.21 bits per heavy atom. The van der Waals surface area contributed by atoms with Crippen LogP contribution >= 0.6 is 0 Å². The van der Waals surface area contributed by atoms with Gasteiger partial charge < -0.3 is 4.74 Å². The predicted molar refractivity (Wildman–Crippen MR) is 59.7 cm³/mol. The van der Waals surface area contributed by atoms with Gasteiger partial charge in [0.1, 0.15) is 5.75 Å². The lowest BCUT2D eigenvalue weighted by Crippen LogP contribution is -1.95. The molecule has 0 N–H and O–H groups in total. The average Bonchev–Trinajstić information content (AvgIpc) is 2.24. The molecule has 0 amide bonds. The van der Waals surface area contributed by atoms with Gasteiger partial charge >= 0.3 is 0 Å². The molecule has 1 aromatic carbocycles. The monoisotopic (exact) mass is 191 g/mol. The van der Waals surface area contributed by atoms with Crippen molar-refractivity contribution in [2.24, 2.45) is 0 Å². The van der Waals surface area contributed by atoms with E-state index in [0.29, 0.717) is 0 Å². The van der Waals surface area contributed by atoms with E-state index in [1.54, 1.807) is 0 Å². The maximum absolute atomic E-state index is 5.54. The molecule has 0 aromatic heterocycles. The zero-order valence-electron chi connectivity index (χ0n) is 9.18. The van der Waals surface area contributed by atoms with Crippen molar-refractivity contribution in [3.8, 4) is 5.75 Å². The third-order valence-electron chi connectivity index (χ3n) is 2.11. The molecule has 77 valence electrons.